The van der Waals surface area contributed by atoms with Crippen LogP contribution in [0.3, 0.4) is 0 Å². The van der Waals surface area contributed by atoms with E-state index in [0.717, 1.165) is 11.1 Å². The number of ether oxygens (including phenoxy) is 1. The van der Waals surface area contributed by atoms with E-state index in [-0.39, 0.29) is 5.69 Å². The molecule has 1 heterocycles. The van der Waals surface area contributed by atoms with Crippen molar-refractivity contribution in [2.45, 2.75) is 13.8 Å². The van der Waals surface area contributed by atoms with Crippen LogP contribution in [-0.2, 0) is 4.74 Å². The highest BCUT2D eigenvalue weighted by atomic mass is 16.5. The fourth-order valence-electron chi connectivity index (χ4n) is 1.70. The highest BCUT2D eigenvalue weighted by molar-refractivity contribution is 5.87. The summed E-state index contributed by atoms with van der Waals surface area (Å²) in [6.07, 6.45) is 1.57. The molecule has 0 unspecified atom stereocenters. The molecule has 4 nitrogen and oxygen atoms in total. The number of nitrogens with zero attached hydrogens (tertiary/aromatic N) is 2. The van der Waals surface area contributed by atoms with Gasteiger partial charge in [-0.3, -0.25) is 0 Å². The number of aryl methyl sites for hydroxylation is 1. The Hall–Kier alpha value is -2.23. The van der Waals surface area contributed by atoms with Crippen LogP contribution in [0.25, 0.3) is 11.4 Å². The molecule has 0 saturated carbocycles. The van der Waals surface area contributed by atoms with Gasteiger partial charge in [0.25, 0.3) is 0 Å². The maximum absolute atomic E-state index is 11.4. The molecule has 0 amide bonds. The predicted molar refractivity (Wildman–Crippen MR) is 68.3 cm³/mol. The minimum atomic E-state index is -0.455. The van der Waals surface area contributed by atoms with Crippen LogP contribution >= 0.6 is 0 Å². The Balaban J connectivity index is 2.51. The Morgan fingerprint density at radius 3 is 2.72 bits per heavy atom. The van der Waals surface area contributed by atoms with E-state index in [9.17, 15) is 4.79 Å². The van der Waals surface area contributed by atoms with Crippen LogP contribution in [0.2, 0.25) is 0 Å². The van der Waals surface area contributed by atoms with E-state index in [4.69, 9.17) is 0 Å². The van der Waals surface area contributed by atoms with Crippen LogP contribution in [-0.4, -0.2) is 23.0 Å². The second-order valence-electron chi connectivity index (χ2n) is 4.00. The van der Waals surface area contributed by atoms with Gasteiger partial charge >= 0.3 is 5.97 Å². The lowest BCUT2D eigenvalue weighted by Crippen LogP contribution is -2.06. The highest BCUT2D eigenvalue weighted by Crippen LogP contribution is 2.22. The van der Waals surface area contributed by atoms with Gasteiger partial charge in [0, 0.05) is 11.8 Å². The van der Waals surface area contributed by atoms with E-state index >= 15 is 0 Å². The van der Waals surface area contributed by atoms with Gasteiger partial charge in [0.2, 0.25) is 0 Å². The molecule has 4 heteroatoms. The van der Waals surface area contributed by atoms with E-state index in [2.05, 4.69) is 14.7 Å². The standard InChI is InChI=1S/C14H14N2O2/c1-9-5-4-6-11(10(9)2)13-15-8-7-12(16-13)14(17)18-3/h4-8H,1-3H3. The zero-order valence-corrected chi connectivity index (χ0v) is 10.6. The van der Waals surface area contributed by atoms with E-state index in [1.807, 2.05) is 32.0 Å². The number of benzene rings is 1. The van der Waals surface area contributed by atoms with Crippen molar-refractivity contribution in [1.82, 2.24) is 9.97 Å². The van der Waals surface area contributed by atoms with Gasteiger partial charge in [-0.25, -0.2) is 14.8 Å². The Morgan fingerprint density at radius 2 is 2.00 bits per heavy atom. The number of carbonyl (C=O) groups is 1. The summed E-state index contributed by atoms with van der Waals surface area (Å²) < 4.78 is 4.65. The summed E-state index contributed by atoms with van der Waals surface area (Å²) in [6.45, 7) is 4.04. The molecule has 0 radical (unpaired) electrons. The molecule has 0 aliphatic carbocycles. The summed E-state index contributed by atoms with van der Waals surface area (Å²) in [5.74, 6) is 0.0862. The third-order valence-corrected chi connectivity index (χ3v) is 2.90. The molecule has 0 saturated heterocycles. The molecule has 2 rings (SSSR count). The Bertz CT molecular complexity index is 594. The van der Waals surface area contributed by atoms with Crippen LogP contribution in [0, 0.1) is 13.8 Å². The lowest BCUT2D eigenvalue weighted by molar-refractivity contribution is 0.0594. The summed E-state index contributed by atoms with van der Waals surface area (Å²) in [5, 5.41) is 0. The van der Waals surface area contributed by atoms with Crippen molar-refractivity contribution in [1.29, 1.82) is 0 Å². The molecular formula is C14H14N2O2. The number of aromatic nitrogens is 2. The first kappa shape index (κ1) is 12.2. The van der Waals surface area contributed by atoms with E-state index in [1.54, 1.807) is 12.3 Å². The fourth-order valence-corrected chi connectivity index (χ4v) is 1.70. The van der Waals surface area contributed by atoms with Crippen LogP contribution in [0.5, 0.6) is 0 Å². The smallest absolute Gasteiger partial charge is 0.356 e. The zero-order valence-electron chi connectivity index (χ0n) is 10.6. The summed E-state index contributed by atoms with van der Waals surface area (Å²) in [5.41, 5.74) is 3.48. The topological polar surface area (TPSA) is 52.1 Å². The van der Waals surface area contributed by atoms with Gasteiger partial charge in [-0.2, -0.15) is 0 Å². The van der Waals surface area contributed by atoms with Gasteiger partial charge in [0.1, 0.15) is 0 Å². The van der Waals surface area contributed by atoms with Crippen molar-refractivity contribution in [3.8, 4) is 11.4 Å². The number of esters is 1. The number of methoxy groups -OCH3 is 1. The molecule has 0 aliphatic heterocycles. The maximum atomic E-state index is 11.4. The number of hydrogen-bond donors (Lipinski definition) is 0. The van der Waals surface area contributed by atoms with Crippen molar-refractivity contribution in [2.24, 2.45) is 0 Å². The SMILES string of the molecule is COC(=O)c1ccnc(-c2cccc(C)c2C)n1. The normalized spacial score (nSPS) is 10.2. The van der Waals surface area contributed by atoms with Gasteiger partial charge in [-0.05, 0) is 31.0 Å². The first-order valence-electron chi connectivity index (χ1n) is 5.61. The molecule has 0 fully saturated rings. The highest BCUT2D eigenvalue weighted by Gasteiger charge is 2.11. The Kier molecular flexibility index (Phi) is 3.37. The van der Waals surface area contributed by atoms with Crippen LogP contribution in [0.4, 0.5) is 0 Å². The fraction of sp³-hybridized carbons (Fsp3) is 0.214. The van der Waals surface area contributed by atoms with Gasteiger partial charge in [-0.15, -0.1) is 0 Å². The second-order valence-corrected chi connectivity index (χ2v) is 4.00. The maximum Gasteiger partial charge on any atom is 0.356 e. The van der Waals surface area contributed by atoms with Crippen LogP contribution in [0.15, 0.2) is 30.5 Å². The lowest BCUT2D eigenvalue weighted by atomic mass is 10.0. The predicted octanol–water partition coefficient (Wildman–Crippen LogP) is 2.55. The summed E-state index contributed by atoms with van der Waals surface area (Å²) in [4.78, 5) is 19.9. The minimum Gasteiger partial charge on any atom is -0.464 e. The third kappa shape index (κ3) is 2.22. The first-order chi connectivity index (χ1) is 8.63. The molecule has 2 aromatic rings. The first-order valence-corrected chi connectivity index (χ1v) is 5.61. The monoisotopic (exact) mass is 242 g/mol. The third-order valence-electron chi connectivity index (χ3n) is 2.90. The Labute approximate surface area is 106 Å². The summed E-state index contributed by atoms with van der Waals surface area (Å²) >= 11 is 0. The quantitative estimate of drug-likeness (QED) is 0.759. The average Bonchev–Trinajstić information content (AvgIpc) is 2.41. The van der Waals surface area contributed by atoms with E-state index < -0.39 is 5.97 Å². The van der Waals surface area contributed by atoms with E-state index in [1.165, 1.54) is 12.7 Å². The van der Waals surface area contributed by atoms with Crippen molar-refractivity contribution in [3.05, 3.63) is 47.3 Å². The number of rotatable bonds is 2. The van der Waals surface area contributed by atoms with Gasteiger partial charge in [0.15, 0.2) is 11.5 Å². The molecule has 0 N–H and O–H groups in total. The van der Waals surface area contributed by atoms with Gasteiger partial charge < -0.3 is 4.74 Å². The van der Waals surface area contributed by atoms with Crippen LogP contribution in [0.1, 0.15) is 21.6 Å². The molecule has 1 aromatic heterocycles. The van der Waals surface area contributed by atoms with Crippen molar-refractivity contribution in [3.63, 3.8) is 0 Å². The van der Waals surface area contributed by atoms with Gasteiger partial charge in [0.05, 0.1) is 7.11 Å². The zero-order chi connectivity index (χ0) is 13.1. The van der Waals surface area contributed by atoms with Crippen molar-refractivity contribution >= 4 is 5.97 Å². The summed E-state index contributed by atoms with van der Waals surface area (Å²) in [7, 11) is 1.34. The largest absolute Gasteiger partial charge is 0.464 e. The molecule has 0 aliphatic rings. The van der Waals surface area contributed by atoms with Crippen LogP contribution < -0.4 is 0 Å². The van der Waals surface area contributed by atoms with Crippen molar-refractivity contribution < 1.29 is 9.53 Å². The lowest BCUT2D eigenvalue weighted by Gasteiger charge is -2.07. The molecule has 18 heavy (non-hydrogen) atoms. The Morgan fingerprint density at radius 1 is 1.22 bits per heavy atom. The molecule has 92 valence electrons. The van der Waals surface area contributed by atoms with Crippen molar-refractivity contribution in [2.75, 3.05) is 7.11 Å². The molecule has 1 aromatic carbocycles. The molecular weight excluding hydrogens is 228 g/mol. The van der Waals surface area contributed by atoms with Gasteiger partial charge in [-0.1, -0.05) is 18.2 Å². The molecule has 0 bridgehead atoms. The molecule has 0 atom stereocenters. The minimum absolute atomic E-state index is 0.267. The second kappa shape index (κ2) is 4.96. The number of hydrogen-bond acceptors (Lipinski definition) is 4. The van der Waals surface area contributed by atoms with E-state index in [0.29, 0.717) is 5.82 Å². The summed E-state index contributed by atoms with van der Waals surface area (Å²) in [6, 6.07) is 7.47. The average molecular weight is 242 g/mol. The number of carbonyl (C=O) groups excluding carboxylic acids is 1. The molecule has 0 spiro atoms.